The number of hydrogen-bond donors (Lipinski definition) is 1. The van der Waals surface area contributed by atoms with Gasteiger partial charge in [-0.15, -0.1) is 0 Å². The van der Waals surface area contributed by atoms with Gasteiger partial charge in [-0.05, 0) is 52.3 Å². The number of ether oxygens (including phenoxy) is 1. The van der Waals surface area contributed by atoms with Gasteiger partial charge in [0.05, 0.1) is 17.6 Å². The van der Waals surface area contributed by atoms with Crippen LogP contribution in [0.15, 0.2) is 30.7 Å². The van der Waals surface area contributed by atoms with Crippen molar-refractivity contribution in [3.8, 4) is 5.69 Å². The van der Waals surface area contributed by atoms with Gasteiger partial charge in [-0.2, -0.15) is 0 Å². The van der Waals surface area contributed by atoms with Crippen LogP contribution in [0.5, 0.6) is 0 Å². The molecule has 1 fully saturated rings. The molecule has 1 atom stereocenters. The smallest absolute Gasteiger partial charge is 0.410 e. The fraction of sp³-hybridized carbons (Fsp3) is 0.450. The molecule has 1 unspecified atom stereocenters. The molecule has 28 heavy (non-hydrogen) atoms. The Bertz CT molecular complexity index is 888. The lowest BCUT2D eigenvalue weighted by molar-refractivity contribution is 0.0290. The van der Waals surface area contributed by atoms with Crippen LogP contribution in [0.3, 0.4) is 0 Å². The summed E-state index contributed by atoms with van der Waals surface area (Å²) in [5, 5.41) is 2.80. The number of hydrogen-bond acceptors (Lipinski definition) is 4. The molecule has 0 bridgehead atoms. The third kappa shape index (κ3) is 4.68. The summed E-state index contributed by atoms with van der Waals surface area (Å²) in [5.74, 6) is -1.11. The SMILES string of the molecule is Cc1cn(-c2ccc(C(=O)NC3CCN(C(=O)OC(C)(C)C)C3)c(F)c2)cn1. The molecule has 1 aliphatic heterocycles. The lowest BCUT2D eigenvalue weighted by Gasteiger charge is -2.24. The first-order chi connectivity index (χ1) is 13.1. The molecule has 0 spiro atoms. The molecule has 3 rings (SSSR count). The standard InChI is InChI=1S/C20H25FN4O3/c1-13-10-25(12-22-13)15-5-6-16(17(21)9-15)18(26)23-14-7-8-24(11-14)19(27)28-20(2,3)4/h5-6,9-10,12,14H,7-8,11H2,1-4H3,(H,23,26). The number of nitrogens with one attached hydrogen (secondary N) is 1. The van der Waals surface area contributed by atoms with E-state index in [1.165, 1.54) is 12.1 Å². The maximum Gasteiger partial charge on any atom is 0.410 e. The molecule has 1 N–H and O–H groups in total. The Morgan fingerprint density at radius 3 is 2.68 bits per heavy atom. The summed E-state index contributed by atoms with van der Waals surface area (Å²) < 4.78 is 21.5. The zero-order valence-corrected chi connectivity index (χ0v) is 16.5. The van der Waals surface area contributed by atoms with Crippen LogP contribution < -0.4 is 5.32 Å². The summed E-state index contributed by atoms with van der Waals surface area (Å²) in [6.07, 6.45) is 3.56. The summed E-state index contributed by atoms with van der Waals surface area (Å²) in [4.78, 5) is 30.3. The average Bonchev–Trinajstić information content (AvgIpc) is 3.22. The Hall–Kier alpha value is -2.90. The molecule has 0 saturated carbocycles. The minimum absolute atomic E-state index is 0.0312. The van der Waals surface area contributed by atoms with Crippen molar-refractivity contribution >= 4 is 12.0 Å². The number of aromatic nitrogens is 2. The van der Waals surface area contributed by atoms with E-state index in [4.69, 9.17) is 4.74 Å². The monoisotopic (exact) mass is 388 g/mol. The molecule has 2 heterocycles. The zero-order chi connectivity index (χ0) is 20.5. The number of rotatable bonds is 3. The summed E-state index contributed by atoms with van der Waals surface area (Å²) in [6, 6.07) is 4.18. The van der Waals surface area contributed by atoms with Gasteiger partial charge in [0.1, 0.15) is 11.4 Å². The predicted octanol–water partition coefficient (Wildman–Crippen LogP) is 3.06. The highest BCUT2D eigenvalue weighted by Crippen LogP contribution is 2.18. The van der Waals surface area contributed by atoms with Crippen molar-refractivity contribution in [3.63, 3.8) is 0 Å². The lowest BCUT2D eigenvalue weighted by atomic mass is 10.1. The number of amides is 2. The molecule has 0 radical (unpaired) electrons. The Morgan fingerprint density at radius 1 is 1.32 bits per heavy atom. The molecular formula is C20H25FN4O3. The van der Waals surface area contributed by atoms with Gasteiger partial charge in [-0.25, -0.2) is 14.2 Å². The molecule has 1 aliphatic rings. The molecule has 1 saturated heterocycles. The first-order valence-corrected chi connectivity index (χ1v) is 9.22. The fourth-order valence-corrected chi connectivity index (χ4v) is 3.04. The number of imidazole rings is 1. The number of likely N-dealkylation sites (tertiary alicyclic amines) is 1. The predicted molar refractivity (Wildman–Crippen MR) is 102 cm³/mol. The van der Waals surface area contributed by atoms with Gasteiger partial charge in [-0.1, -0.05) is 0 Å². The second-order valence-electron chi connectivity index (χ2n) is 7.97. The van der Waals surface area contributed by atoms with E-state index in [1.54, 1.807) is 48.8 Å². The maximum atomic E-state index is 14.5. The van der Waals surface area contributed by atoms with Crippen molar-refractivity contribution in [3.05, 3.63) is 47.8 Å². The minimum atomic E-state index is -0.608. The van der Waals surface area contributed by atoms with Crippen LogP contribution in [0.2, 0.25) is 0 Å². The van der Waals surface area contributed by atoms with Gasteiger partial charge < -0.3 is 19.5 Å². The number of aryl methyl sites for hydroxylation is 1. The van der Waals surface area contributed by atoms with Gasteiger partial charge in [-0.3, -0.25) is 4.79 Å². The molecule has 8 heteroatoms. The third-order valence-corrected chi connectivity index (χ3v) is 4.38. The molecule has 1 aromatic heterocycles. The van der Waals surface area contributed by atoms with Crippen LogP contribution in [0, 0.1) is 12.7 Å². The summed E-state index contributed by atoms with van der Waals surface area (Å²) >= 11 is 0. The van der Waals surface area contributed by atoms with Crippen LogP contribution in [0.1, 0.15) is 43.2 Å². The van der Waals surface area contributed by atoms with Crippen LogP contribution in [-0.2, 0) is 4.74 Å². The second-order valence-corrected chi connectivity index (χ2v) is 7.97. The summed E-state index contributed by atoms with van der Waals surface area (Å²) in [6.45, 7) is 8.08. The normalized spacial score (nSPS) is 16.9. The minimum Gasteiger partial charge on any atom is -0.444 e. The van der Waals surface area contributed by atoms with Crippen molar-refractivity contribution in [2.45, 2.75) is 45.8 Å². The highest BCUT2D eigenvalue weighted by Gasteiger charge is 2.31. The van der Waals surface area contributed by atoms with E-state index >= 15 is 0 Å². The largest absolute Gasteiger partial charge is 0.444 e. The van der Waals surface area contributed by atoms with Crippen LogP contribution in [0.4, 0.5) is 9.18 Å². The highest BCUT2D eigenvalue weighted by molar-refractivity contribution is 5.95. The van der Waals surface area contributed by atoms with Crippen LogP contribution in [0.25, 0.3) is 5.69 Å². The number of halogens is 1. The number of benzene rings is 1. The van der Waals surface area contributed by atoms with Gasteiger partial charge in [0.15, 0.2) is 0 Å². The highest BCUT2D eigenvalue weighted by atomic mass is 19.1. The van der Waals surface area contributed by atoms with E-state index in [1.807, 2.05) is 6.92 Å². The molecule has 1 aromatic carbocycles. The van der Waals surface area contributed by atoms with E-state index < -0.39 is 23.4 Å². The van der Waals surface area contributed by atoms with Crippen LogP contribution >= 0.6 is 0 Å². The average molecular weight is 388 g/mol. The van der Waals surface area contributed by atoms with Crippen molar-refractivity contribution in [1.29, 1.82) is 0 Å². The molecule has 2 amide bonds. The van der Waals surface area contributed by atoms with Gasteiger partial charge in [0.2, 0.25) is 0 Å². The fourth-order valence-electron chi connectivity index (χ4n) is 3.04. The number of nitrogens with zero attached hydrogens (tertiary/aromatic N) is 3. The zero-order valence-electron chi connectivity index (χ0n) is 16.5. The number of carbonyl (C=O) groups is 2. The summed E-state index contributed by atoms with van der Waals surface area (Å²) in [7, 11) is 0. The lowest BCUT2D eigenvalue weighted by Crippen LogP contribution is -2.40. The third-order valence-electron chi connectivity index (χ3n) is 4.38. The van der Waals surface area contributed by atoms with E-state index in [0.29, 0.717) is 25.2 Å². The Kier molecular flexibility index (Phi) is 5.40. The molecule has 150 valence electrons. The van der Waals surface area contributed by atoms with Gasteiger partial charge >= 0.3 is 6.09 Å². The van der Waals surface area contributed by atoms with Crippen LogP contribution in [-0.4, -0.2) is 51.2 Å². The van der Waals surface area contributed by atoms with Crippen molar-refractivity contribution in [2.24, 2.45) is 0 Å². The van der Waals surface area contributed by atoms with Gasteiger partial charge in [0, 0.05) is 31.0 Å². The molecular weight excluding hydrogens is 363 g/mol. The summed E-state index contributed by atoms with van der Waals surface area (Å²) in [5.41, 5.74) is 0.804. The first-order valence-electron chi connectivity index (χ1n) is 9.22. The maximum absolute atomic E-state index is 14.5. The van der Waals surface area contributed by atoms with Crippen molar-refractivity contribution in [1.82, 2.24) is 19.8 Å². The Labute approximate surface area is 163 Å². The number of carbonyl (C=O) groups excluding carboxylic acids is 2. The van der Waals surface area contributed by atoms with Crippen molar-refractivity contribution < 1.29 is 18.7 Å². The van der Waals surface area contributed by atoms with E-state index in [9.17, 15) is 14.0 Å². The molecule has 7 nitrogen and oxygen atoms in total. The second kappa shape index (κ2) is 7.61. The first kappa shape index (κ1) is 19.9. The van der Waals surface area contributed by atoms with E-state index in [-0.39, 0.29) is 11.6 Å². The van der Waals surface area contributed by atoms with E-state index in [0.717, 1.165) is 5.69 Å². The topological polar surface area (TPSA) is 76.5 Å². The van der Waals surface area contributed by atoms with Gasteiger partial charge in [0.25, 0.3) is 5.91 Å². The van der Waals surface area contributed by atoms with E-state index in [2.05, 4.69) is 10.3 Å². The molecule has 0 aliphatic carbocycles. The molecule has 2 aromatic rings. The van der Waals surface area contributed by atoms with Crippen molar-refractivity contribution in [2.75, 3.05) is 13.1 Å². The Morgan fingerprint density at radius 2 is 2.07 bits per heavy atom. The Balaban J connectivity index is 1.62. The quantitative estimate of drug-likeness (QED) is 0.877.